The lowest BCUT2D eigenvalue weighted by Gasteiger charge is -2.11. The van der Waals surface area contributed by atoms with Crippen molar-refractivity contribution in [3.05, 3.63) is 34.9 Å². The van der Waals surface area contributed by atoms with Crippen LogP contribution in [0.4, 0.5) is 0 Å². The van der Waals surface area contributed by atoms with Gasteiger partial charge >= 0.3 is 0 Å². The highest BCUT2D eigenvalue weighted by atomic mass is 35.5. The van der Waals surface area contributed by atoms with Gasteiger partial charge in [0, 0.05) is 23.5 Å². The molecule has 3 nitrogen and oxygen atoms in total. The molecule has 1 saturated carbocycles. The smallest absolute Gasteiger partial charge is 0.224 e. The van der Waals surface area contributed by atoms with Gasteiger partial charge in [-0.3, -0.25) is 4.79 Å². The lowest BCUT2D eigenvalue weighted by atomic mass is 10.1. The number of carbonyl (C=O) groups excluding carboxylic acids is 1. The summed E-state index contributed by atoms with van der Waals surface area (Å²) >= 11 is 5.97. The maximum Gasteiger partial charge on any atom is 0.224 e. The van der Waals surface area contributed by atoms with E-state index in [1.807, 2.05) is 18.2 Å². The molecular formula is C14H18Cl2N2O. The zero-order valence-corrected chi connectivity index (χ0v) is 12.1. The van der Waals surface area contributed by atoms with E-state index >= 15 is 0 Å². The number of hydrogen-bond acceptors (Lipinski definition) is 2. The van der Waals surface area contributed by atoms with Crippen molar-refractivity contribution in [3.8, 4) is 0 Å². The van der Waals surface area contributed by atoms with Crippen LogP contribution in [0.2, 0.25) is 5.02 Å². The summed E-state index contributed by atoms with van der Waals surface area (Å²) in [5.74, 6) is 0.704. The van der Waals surface area contributed by atoms with Gasteiger partial charge in [-0.1, -0.05) is 23.7 Å². The Morgan fingerprint density at radius 2 is 2.26 bits per heavy atom. The Morgan fingerprint density at radius 1 is 1.42 bits per heavy atom. The van der Waals surface area contributed by atoms with Crippen LogP contribution in [0.3, 0.4) is 0 Å². The van der Waals surface area contributed by atoms with Crippen LogP contribution in [0.15, 0.2) is 24.3 Å². The highest BCUT2D eigenvalue weighted by molar-refractivity contribution is 6.30. The van der Waals surface area contributed by atoms with Crippen LogP contribution in [0.25, 0.3) is 0 Å². The van der Waals surface area contributed by atoms with Crippen LogP contribution in [0.1, 0.15) is 24.3 Å². The Kier molecular flexibility index (Phi) is 4.71. The van der Waals surface area contributed by atoms with E-state index in [4.69, 9.17) is 11.6 Å². The first kappa shape index (κ1) is 14.6. The van der Waals surface area contributed by atoms with E-state index in [1.165, 1.54) is 5.56 Å². The van der Waals surface area contributed by atoms with Gasteiger partial charge in [0.2, 0.25) is 5.91 Å². The molecule has 0 bridgehead atoms. The number of hydrogen-bond donors (Lipinski definition) is 2. The Hall–Kier alpha value is -0.770. The fourth-order valence-corrected chi connectivity index (χ4v) is 2.88. The van der Waals surface area contributed by atoms with Gasteiger partial charge in [-0.2, -0.15) is 0 Å². The lowest BCUT2D eigenvalue weighted by molar-refractivity contribution is -0.123. The topological polar surface area (TPSA) is 41.1 Å². The summed E-state index contributed by atoms with van der Waals surface area (Å²) in [6.07, 6.45) is 1.99. The van der Waals surface area contributed by atoms with Crippen LogP contribution in [0, 0.1) is 5.92 Å². The molecule has 5 heteroatoms. The van der Waals surface area contributed by atoms with Crippen molar-refractivity contribution in [2.45, 2.75) is 24.8 Å². The molecule has 19 heavy (non-hydrogen) atoms. The molecule has 1 heterocycles. The van der Waals surface area contributed by atoms with E-state index in [9.17, 15) is 4.79 Å². The standard InChI is InChI=1S/C14H17ClN2O.ClH/c15-10-3-1-2-9(6-10)12-7-13(12)14(18)17-11-4-5-16-8-11;/h1-3,6,11-13,16H,4-5,7-8H2,(H,17,18);1H. The fourth-order valence-electron chi connectivity index (χ4n) is 2.68. The average molecular weight is 301 g/mol. The first-order chi connectivity index (χ1) is 8.74. The lowest BCUT2D eigenvalue weighted by Crippen LogP contribution is -2.37. The molecule has 1 aromatic rings. The minimum atomic E-state index is 0. The summed E-state index contributed by atoms with van der Waals surface area (Å²) in [4.78, 5) is 12.1. The molecular weight excluding hydrogens is 283 g/mol. The SMILES string of the molecule is Cl.O=C(NC1CCNC1)C1CC1c1cccc(Cl)c1. The summed E-state index contributed by atoms with van der Waals surface area (Å²) in [6.45, 7) is 1.91. The summed E-state index contributed by atoms with van der Waals surface area (Å²) in [7, 11) is 0. The summed E-state index contributed by atoms with van der Waals surface area (Å²) in [6, 6.07) is 8.16. The van der Waals surface area contributed by atoms with E-state index < -0.39 is 0 Å². The number of nitrogens with one attached hydrogen (secondary N) is 2. The van der Waals surface area contributed by atoms with Crippen molar-refractivity contribution >= 4 is 29.9 Å². The molecule has 1 aliphatic heterocycles. The largest absolute Gasteiger partial charge is 0.352 e. The number of benzene rings is 1. The number of rotatable bonds is 3. The first-order valence-corrected chi connectivity index (χ1v) is 6.88. The molecule has 1 amide bonds. The van der Waals surface area contributed by atoms with Crippen molar-refractivity contribution in [2.75, 3.05) is 13.1 Å². The van der Waals surface area contributed by atoms with Crippen LogP contribution >= 0.6 is 24.0 Å². The highest BCUT2D eigenvalue weighted by Crippen LogP contribution is 2.48. The minimum absolute atomic E-state index is 0. The Balaban J connectivity index is 0.00000133. The van der Waals surface area contributed by atoms with Gasteiger partial charge < -0.3 is 10.6 Å². The van der Waals surface area contributed by atoms with Crippen molar-refractivity contribution in [3.63, 3.8) is 0 Å². The van der Waals surface area contributed by atoms with Gasteiger partial charge in [0.25, 0.3) is 0 Å². The highest BCUT2D eigenvalue weighted by Gasteiger charge is 2.44. The van der Waals surface area contributed by atoms with Crippen LogP contribution < -0.4 is 10.6 Å². The Labute approximate surface area is 124 Å². The average Bonchev–Trinajstić information content (AvgIpc) is 3.01. The van der Waals surface area contributed by atoms with Crippen molar-refractivity contribution < 1.29 is 4.79 Å². The Morgan fingerprint density at radius 3 is 2.95 bits per heavy atom. The minimum Gasteiger partial charge on any atom is -0.352 e. The predicted molar refractivity (Wildman–Crippen MR) is 79.0 cm³/mol. The summed E-state index contributed by atoms with van der Waals surface area (Å²) < 4.78 is 0. The summed E-state index contributed by atoms with van der Waals surface area (Å²) in [5, 5.41) is 7.12. The second-order valence-electron chi connectivity index (χ2n) is 5.20. The molecule has 0 radical (unpaired) electrons. The quantitative estimate of drug-likeness (QED) is 0.900. The van der Waals surface area contributed by atoms with E-state index in [1.54, 1.807) is 0 Å². The van der Waals surface area contributed by atoms with E-state index in [-0.39, 0.29) is 24.2 Å². The third-order valence-electron chi connectivity index (χ3n) is 3.81. The molecule has 3 unspecified atom stereocenters. The molecule has 2 N–H and O–H groups in total. The predicted octanol–water partition coefficient (Wildman–Crippen LogP) is 2.34. The molecule has 1 aliphatic carbocycles. The molecule has 0 spiro atoms. The second-order valence-corrected chi connectivity index (χ2v) is 5.64. The molecule has 2 aliphatic rings. The number of amides is 1. The van der Waals surface area contributed by atoms with Crippen LogP contribution in [-0.2, 0) is 4.79 Å². The third kappa shape index (κ3) is 3.41. The second kappa shape index (κ2) is 6.12. The molecule has 3 atom stereocenters. The van der Waals surface area contributed by atoms with Crippen LogP contribution in [-0.4, -0.2) is 25.0 Å². The van der Waals surface area contributed by atoms with Crippen molar-refractivity contribution in [2.24, 2.45) is 5.92 Å². The molecule has 2 fully saturated rings. The number of carbonyl (C=O) groups is 1. The molecule has 1 aromatic carbocycles. The van der Waals surface area contributed by atoms with Gasteiger partial charge in [-0.05, 0) is 43.0 Å². The molecule has 3 rings (SSSR count). The van der Waals surface area contributed by atoms with Crippen molar-refractivity contribution in [1.82, 2.24) is 10.6 Å². The van der Waals surface area contributed by atoms with Gasteiger partial charge in [-0.15, -0.1) is 12.4 Å². The molecule has 1 saturated heterocycles. The monoisotopic (exact) mass is 300 g/mol. The van der Waals surface area contributed by atoms with Gasteiger partial charge in [0.05, 0.1) is 0 Å². The summed E-state index contributed by atoms with van der Waals surface area (Å²) in [5.41, 5.74) is 1.19. The van der Waals surface area contributed by atoms with Gasteiger partial charge in [0.15, 0.2) is 0 Å². The van der Waals surface area contributed by atoms with Gasteiger partial charge in [-0.25, -0.2) is 0 Å². The fraction of sp³-hybridized carbons (Fsp3) is 0.500. The Bertz CT molecular complexity index is 461. The zero-order chi connectivity index (χ0) is 12.5. The number of halogens is 2. The van der Waals surface area contributed by atoms with E-state index in [0.717, 1.165) is 31.0 Å². The zero-order valence-electron chi connectivity index (χ0n) is 10.6. The third-order valence-corrected chi connectivity index (χ3v) is 4.05. The van der Waals surface area contributed by atoms with Crippen molar-refractivity contribution in [1.29, 1.82) is 0 Å². The molecule has 104 valence electrons. The van der Waals surface area contributed by atoms with Crippen LogP contribution in [0.5, 0.6) is 0 Å². The van der Waals surface area contributed by atoms with E-state index in [0.29, 0.717) is 12.0 Å². The van der Waals surface area contributed by atoms with Gasteiger partial charge in [0.1, 0.15) is 0 Å². The first-order valence-electron chi connectivity index (χ1n) is 6.50. The maximum atomic E-state index is 12.1. The normalized spacial score (nSPS) is 28.6. The molecule has 0 aromatic heterocycles. The maximum absolute atomic E-state index is 12.1. The van der Waals surface area contributed by atoms with E-state index in [2.05, 4.69) is 16.7 Å².